The number of carboxylic acids is 1. The van der Waals surface area contributed by atoms with Crippen LogP contribution in [0, 0.1) is 0 Å². The Bertz CT molecular complexity index is 855. The second-order valence-corrected chi connectivity index (χ2v) is 6.29. The van der Waals surface area contributed by atoms with E-state index in [9.17, 15) is 9.90 Å². The van der Waals surface area contributed by atoms with Gasteiger partial charge in [0.1, 0.15) is 6.10 Å². The second kappa shape index (κ2) is 8.54. The van der Waals surface area contributed by atoms with Gasteiger partial charge in [0.15, 0.2) is 0 Å². The minimum Gasteiger partial charge on any atom is -0.547 e. The van der Waals surface area contributed by atoms with Crippen LogP contribution in [0.1, 0.15) is 12.0 Å². The summed E-state index contributed by atoms with van der Waals surface area (Å²) in [6.07, 6.45) is 2.53. The maximum atomic E-state index is 10.9. The molecule has 0 bridgehead atoms. The number of rotatable bonds is 9. The number of nitrogens with one attached hydrogen (secondary N) is 1. The van der Waals surface area contributed by atoms with Crippen LogP contribution in [0.15, 0.2) is 60.8 Å². The number of fused-ring (bicyclic) bond motifs is 1. The Kier molecular flexibility index (Phi) is 5.92. The molecule has 0 fully saturated rings. The zero-order valence-electron chi connectivity index (χ0n) is 14.9. The fourth-order valence-electron chi connectivity index (χ4n) is 3.05. The number of aryl methyl sites for hydroxylation is 1. The lowest BCUT2D eigenvalue weighted by atomic mass is 10.1. The van der Waals surface area contributed by atoms with Crippen molar-refractivity contribution >= 4 is 22.6 Å². The van der Waals surface area contributed by atoms with Gasteiger partial charge in [-0.3, -0.25) is 0 Å². The van der Waals surface area contributed by atoms with Crippen molar-refractivity contribution in [2.24, 2.45) is 0 Å². The smallest absolute Gasteiger partial charge is 0.100 e. The molecule has 0 aliphatic heterocycles. The zero-order valence-corrected chi connectivity index (χ0v) is 14.9. The molecule has 0 spiro atoms. The van der Waals surface area contributed by atoms with Crippen molar-refractivity contribution in [3.05, 3.63) is 66.4 Å². The van der Waals surface area contributed by atoms with E-state index in [1.54, 1.807) is 0 Å². The summed E-state index contributed by atoms with van der Waals surface area (Å²) in [6.45, 7) is 1.82. The molecule has 3 aromatic rings. The van der Waals surface area contributed by atoms with Gasteiger partial charge in [0.05, 0.1) is 5.97 Å². The van der Waals surface area contributed by atoms with Crippen LogP contribution in [-0.4, -0.2) is 30.3 Å². The van der Waals surface area contributed by atoms with Crippen LogP contribution in [0.2, 0.25) is 0 Å². The van der Waals surface area contributed by atoms with E-state index in [0.29, 0.717) is 6.42 Å². The first kappa shape index (κ1) is 18.0. The minimum atomic E-state index is -1.19. The molecular weight excluding hydrogens is 328 g/mol. The van der Waals surface area contributed by atoms with Crippen molar-refractivity contribution in [2.45, 2.75) is 25.5 Å². The van der Waals surface area contributed by atoms with E-state index in [2.05, 4.69) is 46.4 Å². The largest absolute Gasteiger partial charge is 0.547 e. The molecule has 5 heteroatoms. The van der Waals surface area contributed by atoms with Crippen molar-refractivity contribution in [1.29, 1.82) is 0 Å². The van der Waals surface area contributed by atoms with E-state index in [1.165, 1.54) is 18.0 Å². The van der Waals surface area contributed by atoms with Crippen LogP contribution < -0.4 is 10.4 Å². The normalized spacial score (nSPS) is 12.2. The number of aromatic nitrogens is 1. The topological polar surface area (TPSA) is 66.3 Å². The van der Waals surface area contributed by atoms with Crippen molar-refractivity contribution in [3.8, 4) is 0 Å². The third-order valence-electron chi connectivity index (χ3n) is 4.51. The summed E-state index contributed by atoms with van der Waals surface area (Å²) in [7, 11) is 1.38. The summed E-state index contributed by atoms with van der Waals surface area (Å²) >= 11 is 0. The predicted molar refractivity (Wildman–Crippen MR) is 101 cm³/mol. The van der Waals surface area contributed by atoms with E-state index in [1.807, 2.05) is 24.3 Å². The molecule has 0 aliphatic rings. The molecule has 0 unspecified atom stereocenters. The molecule has 0 saturated carbocycles. The van der Waals surface area contributed by atoms with Crippen LogP contribution in [0.4, 0.5) is 5.69 Å². The number of carbonyl (C=O) groups excluding carboxylic acids is 1. The van der Waals surface area contributed by atoms with Gasteiger partial charge >= 0.3 is 0 Å². The average Bonchev–Trinajstić information content (AvgIpc) is 3.07. The number of methoxy groups -OCH3 is 1. The number of anilines is 1. The highest BCUT2D eigenvalue weighted by atomic mass is 16.5. The standard InChI is InChI=1S/C21H24N2O3/c1-26-20(21(24)25)15-16-7-9-18(10-8-16)22-12-4-13-23-14-11-17-5-2-3-6-19(17)23/h2-3,5-11,14,20,22H,4,12-13,15H2,1H3,(H,24,25)/p-1/t20-/m0/s1. The summed E-state index contributed by atoms with van der Waals surface area (Å²) < 4.78 is 7.18. The van der Waals surface area contributed by atoms with Crippen LogP contribution in [0.3, 0.4) is 0 Å². The van der Waals surface area contributed by atoms with Crippen LogP contribution in [0.5, 0.6) is 0 Å². The van der Waals surface area contributed by atoms with Crippen molar-refractivity contribution in [3.63, 3.8) is 0 Å². The van der Waals surface area contributed by atoms with Gasteiger partial charge in [-0.1, -0.05) is 30.3 Å². The Morgan fingerprint density at radius 1 is 1.15 bits per heavy atom. The Labute approximate surface area is 153 Å². The molecule has 0 aliphatic carbocycles. The molecule has 0 radical (unpaired) electrons. The maximum absolute atomic E-state index is 10.9. The van der Waals surface area contributed by atoms with Gasteiger partial charge < -0.3 is 24.5 Å². The number of para-hydroxylation sites is 1. The Morgan fingerprint density at radius 3 is 2.65 bits per heavy atom. The number of ether oxygens (including phenoxy) is 1. The minimum absolute atomic E-state index is 0.305. The van der Waals surface area contributed by atoms with Gasteiger partial charge in [0.2, 0.25) is 0 Å². The van der Waals surface area contributed by atoms with Crippen LogP contribution >= 0.6 is 0 Å². The predicted octanol–water partition coefficient (Wildman–Crippen LogP) is 2.45. The summed E-state index contributed by atoms with van der Waals surface area (Å²) in [6, 6.07) is 18.3. The van der Waals surface area contributed by atoms with Crippen molar-refractivity contribution in [1.82, 2.24) is 4.57 Å². The number of hydrogen-bond donors (Lipinski definition) is 1. The van der Waals surface area contributed by atoms with E-state index < -0.39 is 12.1 Å². The first-order chi connectivity index (χ1) is 12.7. The summed E-state index contributed by atoms with van der Waals surface area (Å²) in [5.41, 5.74) is 3.19. The van der Waals surface area contributed by atoms with Gasteiger partial charge in [0.25, 0.3) is 0 Å². The Balaban J connectivity index is 1.47. The van der Waals surface area contributed by atoms with Gasteiger partial charge in [0, 0.05) is 44.0 Å². The quantitative estimate of drug-likeness (QED) is 0.602. The lowest BCUT2D eigenvalue weighted by molar-refractivity contribution is -0.315. The highest BCUT2D eigenvalue weighted by Gasteiger charge is 2.09. The number of aliphatic carboxylic acids is 1. The number of hydrogen-bond acceptors (Lipinski definition) is 4. The zero-order chi connectivity index (χ0) is 18.4. The number of benzene rings is 2. The van der Waals surface area contributed by atoms with Crippen molar-refractivity contribution < 1.29 is 14.6 Å². The first-order valence-electron chi connectivity index (χ1n) is 8.77. The summed E-state index contributed by atoms with van der Waals surface area (Å²) in [5, 5.41) is 15.6. The molecule has 5 nitrogen and oxygen atoms in total. The van der Waals surface area contributed by atoms with E-state index in [4.69, 9.17) is 4.74 Å². The molecule has 3 rings (SSSR count). The molecule has 1 heterocycles. The molecule has 0 amide bonds. The Hall–Kier alpha value is -2.79. The highest BCUT2D eigenvalue weighted by molar-refractivity contribution is 5.79. The monoisotopic (exact) mass is 351 g/mol. The first-order valence-corrected chi connectivity index (χ1v) is 8.77. The molecule has 136 valence electrons. The third-order valence-corrected chi connectivity index (χ3v) is 4.51. The van der Waals surface area contributed by atoms with Crippen LogP contribution in [0.25, 0.3) is 10.9 Å². The van der Waals surface area contributed by atoms with E-state index in [0.717, 1.165) is 30.8 Å². The highest BCUT2D eigenvalue weighted by Crippen LogP contribution is 2.16. The molecule has 2 aromatic carbocycles. The average molecular weight is 351 g/mol. The SMILES string of the molecule is CO[C@@H](Cc1ccc(NCCCn2ccc3ccccc32)cc1)C(=O)[O-]. The fourth-order valence-corrected chi connectivity index (χ4v) is 3.05. The molecule has 0 saturated heterocycles. The van der Waals surface area contributed by atoms with Gasteiger partial charge in [-0.2, -0.15) is 0 Å². The molecule has 26 heavy (non-hydrogen) atoms. The molecule has 1 aromatic heterocycles. The van der Waals surface area contributed by atoms with E-state index in [-0.39, 0.29) is 0 Å². The number of carboxylic acid groups (broad SMARTS) is 1. The van der Waals surface area contributed by atoms with Gasteiger partial charge in [-0.15, -0.1) is 0 Å². The molecule has 1 N–H and O–H groups in total. The van der Waals surface area contributed by atoms with Gasteiger partial charge in [-0.25, -0.2) is 0 Å². The lowest BCUT2D eigenvalue weighted by Crippen LogP contribution is -2.38. The van der Waals surface area contributed by atoms with Crippen LogP contribution in [-0.2, 0) is 22.5 Å². The van der Waals surface area contributed by atoms with E-state index >= 15 is 0 Å². The molecule has 1 atom stereocenters. The Morgan fingerprint density at radius 2 is 1.92 bits per heavy atom. The summed E-state index contributed by atoms with van der Waals surface area (Å²) in [4.78, 5) is 10.9. The lowest BCUT2D eigenvalue weighted by Gasteiger charge is -2.16. The second-order valence-electron chi connectivity index (χ2n) is 6.29. The maximum Gasteiger partial charge on any atom is 0.100 e. The molecular formula is C21H23N2O3-. The summed E-state index contributed by atoms with van der Waals surface area (Å²) in [5.74, 6) is -1.19. The number of carbonyl (C=O) groups is 1. The van der Waals surface area contributed by atoms with Gasteiger partial charge in [-0.05, 0) is 41.6 Å². The third kappa shape index (κ3) is 4.43. The van der Waals surface area contributed by atoms with Crippen molar-refractivity contribution in [2.75, 3.05) is 19.0 Å². The number of nitrogens with zero attached hydrogens (tertiary/aromatic N) is 1. The fraction of sp³-hybridized carbons (Fsp3) is 0.286.